The molecule has 2 amide bonds. The van der Waals surface area contributed by atoms with Crippen LogP contribution in [0, 0.1) is 11.8 Å². The van der Waals surface area contributed by atoms with Crippen LogP contribution in [-0.4, -0.2) is 90.6 Å². The van der Waals surface area contributed by atoms with Crippen LogP contribution in [0.15, 0.2) is 0 Å². The monoisotopic (exact) mass is 521 g/mol. The third-order valence-electron chi connectivity index (χ3n) is 7.71. The highest BCUT2D eigenvalue weighted by atomic mass is 16.2. The van der Waals surface area contributed by atoms with E-state index in [4.69, 9.17) is 5.73 Å². The number of ketones is 2. The van der Waals surface area contributed by atoms with Crippen LogP contribution in [-0.2, 0) is 19.2 Å². The van der Waals surface area contributed by atoms with Crippen LogP contribution < -0.4 is 16.4 Å². The van der Waals surface area contributed by atoms with Crippen LogP contribution >= 0.6 is 0 Å². The molecule has 212 valence electrons. The molecule has 2 aliphatic rings. The summed E-state index contributed by atoms with van der Waals surface area (Å²) in [7, 11) is 0. The Morgan fingerprint density at radius 1 is 0.838 bits per heavy atom. The zero-order valence-corrected chi connectivity index (χ0v) is 23.6. The Morgan fingerprint density at radius 3 is 2.05 bits per heavy atom. The van der Waals surface area contributed by atoms with Crippen LogP contribution in [0.1, 0.15) is 85.5 Å². The van der Waals surface area contributed by atoms with Gasteiger partial charge in [0.05, 0.1) is 12.6 Å². The van der Waals surface area contributed by atoms with Crippen molar-refractivity contribution in [3.63, 3.8) is 0 Å². The van der Waals surface area contributed by atoms with Crippen molar-refractivity contribution in [2.75, 3.05) is 39.3 Å². The lowest BCUT2D eigenvalue weighted by Crippen LogP contribution is -2.54. The minimum Gasteiger partial charge on any atom is -0.344 e. The van der Waals surface area contributed by atoms with Crippen molar-refractivity contribution in [3.05, 3.63) is 0 Å². The highest BCUT2D eigenvalue weighted by Gasteiger charge is 2.31. The number of hydrogen-bond donors (Lipinski definition) is 3. The number of piperidine rings is 2. The Kier molecular flexibility index (Phi) is 13.7. The number of amides is 2. The lowest BCUT2D eigenvalue weighted by Gasteiger charge is -2.40. The molecule has 2 unspecified atom stereocenters. The fourth-order valence-electron chi connectivity index (χ4n) is 5.27. The highest BCUT2D eigenvalue weighted by molar-refractivity contribution is 5.96. The third kappa shape index (κ3) is 10.8. The molecule has 0 saturated carbocycles. The van der Waals surface area contributed by atoms with E-state index >= 15 is 0 Å². The first-order valence-electron chi connectivity index (χ1n) is 14.4. The number of carbonyl (C=O) groups excluding carboxylic acids is 4. The molecular formula is C28H51N5O4. The SMILES string of the molecule is CC(C)C(=O)CC(NC(=O)C(CCCCN)NC(=O)CN1CCC(N2CCCCC2)CC1)C(=O)C(C)C. The maximum Gasteiger partial charge on any atom is 0.243 e. The second kappa shape index (κ2) is 16.2. The predicted molar refractivity (Wildman–Crippen MR) is 146 cm³/mol. The molecule has 0 aromatic rings. The van der Waals surface area contributed by atoms with Gasteiger partial charge in [0.25, 0.3) is 0 Å². The molecule has 4 N–H and O–H groups in total. The second-order valence-corrected chi connectivity index (χ2v) is 11.5. The Bertz CT molecular complexity index is 743. The van der Waals surface area contributed by atoms with E-state index in [1.807, 2.05) is 0 Å². The van der Waals surface area contributed by atoms with Crippen LogP contribution in [0.25, 0.3) is 0 Å². The third-order valence-corrected chi connectivity index (χ3v) is 7.71. The van der Waals surface area contributed by atoms with Crippen molar-refractivity contribution < 1.29 is 19.2 Å². The van der Waals surface area contributed by atoms with E-state index in [0.29, 0.717) is 25.4 Å². The van der Waals surface area contributed by atoms with Crippen molar-refractivity contribution in [2.24, 2.45) is 17.6 Å². The highest BCUT2D eigenvalue weighted by Crippen LogP contribution is 2.20. The van der Waals surface area contributed by atoms with Gasteiger partial charge >= 0.3 is 0 Å². The number of unbranched alkanes of at least 4 members (excludes halogenated alkanes) is 1. The average molecular weight is 522 g/mol. The van der Waals surface area contributed by atoms with E-state index in [1.165, 1.54) is 32.4 Å². The zero-order chi connectivity index (χ0) is 27.4. The largest absolute Gasteiger partial charge is 0.344 e. The van der Waals surface area contributed by atoms with Crippen LogP contribution in [0.4, 0.5) is 0 Å². The van der Waals surface area contributed by atoms with Gasteiger partial charge in [-0.15, -0.1) is 0 Å². The molecule has 0 bridgehead atoms. The molecule has 2 atom stereocenters. The topological polar surface area (TPSA) is 125 Å². The number of nitrogens with one attached hydrogen (secondary N) is 2. The van der Waals surface area contributed by atoms with E-state index in [1.54, 1.807) is 27.7 Å². The van der Waals surface area contributed by atoms with Crippen molar-refractivity contribution in [3.8, 4) is 0 Å². The van der Waals surface area contributed by atoms with Crippen molar-refractivity contribution in [1.29, 1.82) is 0 Å². The molecule has 0 aromatic heterocycles. The lowest BCUT2D eigenvalue weighted by atomic mass is 9.93. The van der Waals surface area contributed by atoms with Crippen molar-refractivity contribution in [2.45, 2.75) is 104 Å². The maximum absolute atomic E-state index is 13.2. The van der Waals surface area contributed by atoms with Crippen LogP contribution in [0.5, 0.6) is 0 Å². The summed E-state index contributed by atoms with van der Waals surface area (Å²) in [5.41, 5.74) is 5.64. The van der Waals surface area contributed by atoms with Gasteiger partial charge in [0.15, 0.2) is 5.78 Å². The van der Waals surface area contributed by atoms with Gasteiger partial charge in [0.1, 0.15) is 11.8 Å². The maximum atomic E-state index is 13.2. The summed E-state index contributed by atoms with van der Waals surface area (Å²) in [6.45, 7) is 12.0. The van der Waals surface area contributed by atoms with Crippen molar-refractivity contribution in [1.82, 2.24) is 20.4 Å². The first-order valence-corrected chi connectivity index (χ1v) is 14.4. The van der Waals surface area contributed by atoms with Gasteiger partial charge in [-0.3, -0.25) is 24.1 Å². The quantitative estimate of drug-likeness (QED) is 0.281. The molecule has 2 saturated heterocycles. The summed E-state index contributed by atoms with van der Waals surface area (Å²) in [5, 5.41) is 5.69. The minimum absolute atomic E-state index is 0.0319. The number of Topliss-reactive ketones (excluding diaryl/α,β-unsaturated/α-hetero) is 2. The molecule has 0 spiro atoms. The van der Waals surface area contributed by atoms with Crippen molar-refractivity contribution >= 4 is 23.4 Å². The predicted octanol–water partition coefficient (Wildman–Crippen LogP) is 1.88. The molecular weight excluding hydrogens is 470 g/mol. The summed E-state index contributed by atoms with van der Waals surface area (Å²) < 4.78 is 0. The standard InChI is InChI=1S/C28H51N5O4/c1-20(2)25(34)18-24(27(36)21(3)4)31-28(37)23(10-6-7-13-29)30-26(35)19-32-16-11-22(12-17-32)33-14-8-5-9-15-33/h20-24H,5-19,29H2,1-4H3,(H,30,35)(H,31,37). The Balaban J connectivity index is 1.94. The fraction of sp³-hybridized carbons (Fsp3) is 0.857. The van der Waals surface area contributed by atoms with Gasteiger partial charge in [0, 0.05) is 37.4 Å². The molecule has 2 rings (SSSR count). The number of hydrogen-bond acceptors (Lipinski definition) is 7. The molecule has 9 heteroatoms. The van der Waals surface area contributed by atoms with E-state index in [9.17, 15) is 19.2 Å². The lowest BCUT2D eigenvalue weighted by molar-refractivity contribution is -0.134. The normalized spacial score (nSPS) is 19.5. The number of rotatable bonds is 15. The van der Waals surface area contributed by atoms with Gasteiger partial charge < -0.3 is 21.3 Å². The molecule has 0 aliphatic carbocycles. The number of likely N-dealkylation sites (tertiary alicyclic amines) is 2. The summed E-state index contributed by atoms with van der Waals surface area (Å²) in [6.07, 6.45) is 7.86. The summed E-state index contributed by atoms with van der Waals surface area (Å²) >= 11 is 0. The molecule has 2 fully saturated rings. The number of nitrogens with two attached hydrogens (primary N) is 1. The van der Waals surface area contributed by atoms with Gasteiger partial charge in [-0.2, -0.15) is 0 Å². The molecule has 9 nitrogen and oxygen atoms in total. The molecule has 2 aliphatic heterocycles. The van der Waals surface area contributed by atoms with E-state index in [0.717, 1.165) is 32.4 Å². The van der Waals surface area contributed by atoms with Crippen LogP contribution in [0.3, 0.4) is 0 Å². The summed E-state index contributed by atoms with van der Waals surface area (Å²) in [4.78, 5) is 56.1. The number of carbonyl (C=O) groups is 4. The Morgan fingerprint density at radius 2 is 1.49 bits per heavy atom. The molecule has 2 heterocycles. The summed E-state index contributed by atoms with van der Waals surface area (Å²) in [6, 6.07) is -1.04. The smallest absolute Gasteiger partial charge is 0.243 e. The Hall–Kier alpha value is -1.84. The van der Waals surface area contributed by atoms with Crippen LogP contribution in [0.2, 0.25) is 0 Å². The molecule has 0 radical (unpaired) electrons. The van der Waals surface area contributed by atoms with Gasteiger partial charge in [-0.05, 0) is 64.6 Å². The fourth-order valence-corrected chi connectivity index (χ4v) is 5.27. The first kappa shape index (κ1) is 31.4. The molecule has 0 aromatic carbocycles. The number of nitrogens with zero attached hydrogens (tertiary/aromatic N) is 2. The summed E-state index contributed by atoms with van der Waals surface area (Å²) in [5.74, 6) is -1.39. The van der Waals surface area contributed by atoms with Gasteiger partial charge in [-0.1, -0.05) is 34.1 Å². The van der Waals surface area contributed by atoms with E-state index in [2.05, 4.69) is 20.4 Å². The van der Waals surface area contributed by atoms with E-state index < -0.39 is 18.0 Å². The first-order chi connectivity index (χ1) is 17.6. The van der Waals surface area contributed by atoms with E-state index in [-0.39, 0.29) is 42.3 Å². The van der Waals surface area contributed by atoms with Gasteiger partial charge in [-0.25, -0.2) is 0 Å². The minimum atomic E-state index is -0.884. The second-order valence-electron chi connectivity index (χ2n) is 11.5. The Labute approximate surface area is 223 Å². The zero-order valence-electron chi connectivity index (χ0n) is 23.6. The van der Waals surface area contributed by atoms with Gasteiger partial charge in [0.2, 0.25) is 11.8 Å². The molecule has 37 heavy (non-hydrogen) atoms. The average Bonchev–Trinajstić information content (AvgIpc) is 2.88.